The lowest BCUT2D eigenvalue weighted by atomic mass is 9.94. The average molecular weight is 271 g/mol. The molecule has 20 heavy (non-hydrogen) atoms. The van der Waals surface area contributed by atoms with Gasteiger partial charge in [0.2, 0.25) is 5.88 Å². The molecule has 1 aromatic carbocycles. The second kappa shape index (κ2) is 5.74. The highest BCUT2D eigenvalue weighted by atomic mass is 16.5. The predicted octanol–water partition coefficient (Wildman–Crippen LogP) is 3.16. The Bertz CT molecular complexity index is 610. The highest BCUT2D eigenvalue weighted by Crippen LogP contribution is 2.29. The first-order chi connectivity index (χ1) is 9.56. The summed E-state index contributed by atoms with van der Waals surface area (Å²) in [7, 11) is 2.97. The predicted molar refractivity (Wildman–Crippen MR) is 77.0 cm³/mol. The van der Waals surface area contributed by atoms with Gasteiger partial charge in [0.05, 0.1) is 19.8 Å². The third-order valence-corrected chi connectivity index (χ3v) is 3.19. The highest BCUT2D eigenvalue weighted by Gasteiger charge is 2.12. The monoisotopic (exact) mass is 271 g/mol. The largest absolute Gasteiger partial charge is 0.481 e. The number of esters is 1. The fourth-order valence-electron chi connectivity index (χ4n) is 2.30. The van der Waals surface area contributed by atoms with E-state index in [-0.39, 0.29) is 5.97 Å². The van der Waals surface area contributed by atoms with Gasteiger partial charge < -0.3 is 9.47 Å². The molecule has 0 fully saturated rings. The van der Waals surface area contributed by atoms with Crippen molar-refractivity contribution in [3.05, 3.63) is 47.2 Å². The molecule has 0 saturated carbocycles. The number of hydrogen-bond acceptors (Lipinski definition) is 4. The number of hydrogen-bond donors (Lipinski definition) is 0. The maximum atomic E-state index is 11.6. The molecule has 4 heteroatoms. The van der Waals surface area contributed by atoms with Gasteiger partial charge >= 0.3 is 5.97 Å². The van der Waals surface area contributed by atoms with Crippen LogP contribution < -0.4 is 4.74 Å². The van der Waals surface area contributed by atoms with Crippen LogP contribution in [0.3, 0.4) is 0 Å². The number of aryl methyl sites for hydroxylation is 2. The quantitative estimate of drug-likeness (QED) is 0.804. The van der Waals surface area contributed by atoms with Crippen LogP contribution in [0.2, 0.25) is 0 Å². The summed E-state index contributed by atoms with van der Waals surface area (Å²) in [5, 5.41) is 0. The first kappa shape index (κ1) is 14.1. The number of benzene rings is 1. The zero-order valence-corrected chi connectivity index (χ0v) is 12.1. The maximum absolute atomic E-state index is 11.6. The van der Waals surface area contributed by atoms with Gasteiger partial charge in [-0.05, 0) is 48.7 Å². The SMILES string of the molecule is COC(=O)c1cc(C)c(-c2ccc(OC)nc2)c(C)c1. The second-order valence-corrected chi connectivity index (χ2v) is 4.57. The van der Waals surface area contributed by atoms with Gasteiger partial charge in [-0.3, -0.25) is 0 Å². The number of nitrogens with zero attached hydrogens (tertiary/aromatic N) is 1. The Balaban J connectivity index is 2.48. The summed E-state index contributed by atoms with van der Waals surface area (Å²) in [6.45, 7) is 3.94. The molecule has 0 aliphatic carbocycles. The number of aromatic nitrogens is 1. The Morgan fingerprint density at radius 1 is 1.10 bits per heavy atom. The highest BCUT2D eigenvalue weighted by molar-refractivity contribution is 5.91. The molecule has 0 aliphatic heterocycles. The Labute approximate surface area is 118 Å². The molecule has 0 N–H and O–H groups in total. The van der Waals surface area contributed by atoms with Gasteiger partial charge in [-0.15, -0.1) is 0 Å². The van der Waals surface area contributed by atoms with Crippen LogP contribution in [-0.2, 0) is 4.74 Å². The van der Waals surface area contributed by atoms with E-state index in [9.17, 15) is 4.79 Å². The fraction of sp³-hybridized carbons (Fsp3) is 0.250. The van der Waals surface area contributed by atoms with Gasteiger partial charge in [-0.25, -0.2) is 9.78 Å². The molecule has 1 aromatic heterocycles. The molecule has 2 rings (SSSR count). The Kier molecular flexibility index (Phi) is 4.03. The van der Waals surface area contributed by atoms with E-state index in [1.54, 1.807) is 13.3 Å². The molecule has 0 aliphatic rings. The van der Waals surface area contributed by atoms with Crippen LogP contribution >= 0.6 is 0 Å². The maximum Gasteiger partial charge on any atom is 0.337 e. The minimum atomic E-state index is -0.324. The van der Waals surface area contributed by atoms with Gasteiger partial charge in [0.25, 0.3) is 0 Å². The van der Waals surface area contributed by atoms with Crippen LogP contribution in [-0.4, -0.2) is 25.2 Å². The third-order valence-electron chi connectivity index (χ3n) is 3.19. The average Bonchev–Trinajstić information content (AvgIpc) is 2.46. The van der Waals surface area contributed by atoms with Gasteiger partial charge in [-0.2, -0.15) is 0 Å². The number of pyridine rings is 1. The smallest absolute Gasteiger partial charge is 0.337 e. The van der Waals surface area contributed by atoms with E-state index in [2.05, 4.69) is 4.98 Å². The fourth-order valence-corrected chi connectivity index (χ4v) is 2.30. The number of ether oxygens (including phenoxy) is 2. The molecule has 1 heterocycles. The topological polar surface area (TPSA) is 48.4 Å². The standard InChI is InChI=1S/C16H17NO3/c1-10-7-13(16(18)20-4)8-11(2)15(10)12-5-6-14(19-3)17-9-12/h5-9H,1-4H3. The van der Waals surface area contributed by atoms with Crippen molar-refractivity contribution in [3.8, 4) is 17.0 Å². The minimum absolute atomic E-state index is 0.324. The second-order valence-electron chi connectivity index (χ2n) is 4.57. The first-order valence-corrected chi connectivity index (χ1v) is 6.26. The Morgan fingerprint density at radius 3 is 2.20 bits per heavy atom. The van der Waals surface area contributed by atoms with E-state index in [4.69, 9.17) is 9.47 Å². The van der Waals surface area contributed by atoms with Crippen molar-refractivity contribution in [1.82, 2.24) is 4.98 Å². The molecular weight excluding hydrogens is 254 g/mol. The van der Waals surface area contributed by atoms with Crippen LogP contribution in [0.1, 0.15) is 21.5 Å². The zero-order valence-electron chi connectivity index (χ0n) is 12.1. The molecule has 2 aromatic rings. The molecule has 0 bridgehead atoms. The molecular formula is C16H17NO3. The number of carbonyl (C=O) groups excluding carboxylic acids is 1. The van der Waals surface area contributed by atoms with E-state index in [1.165, 1.54) is 7.11 Å². The Hall–Kier alpha value is -2.36. The summed E-state index contributed by atoms with van der Waals surface area (Å²) in [6.07, 6.45) is 1.77. The first-order valence-electron chi connectivity index (χ1n) is 6.26. The minimum Gasteiger partial charge on any atom is -0.481 e. The lowest BCUT2D eigenvalue weighted by molar-refractivity contribution is 0.0600. The summed E-state index contributed by atoms with van der Waals surface area (Å²) in [5.41, 5.74) is 4.66. The van der Waals surface area contributed by atoms with Crippen LogP contribution in [0.15, 0.2) is 30.5 Å². The lowest BCUT2D eigenvalue weighted by Crippen LogP contribution is -2.03. The molecule has 104 valence electrons. The van der Waals surface area contributed by atoms with Crippen LogP contribution in [0.4, 0.5) is 0 Å². The van der Waals surface area contributed by atoms with Crippen molar-refractivity contribution in [2.75, 3.05) is 14.2 Å². The lowest BCUT2D eigenvalue weighted by Gasteiger charge is -2.12. The summed E-state index contributed by atoms with van der Waals surface area (Å²) in [6, 6.07) is 7.44. The van der Waals surface area contributed by atoms with Crippen LogP contribution in [0.5, 0.6) is 5.88 Å². The number of carbonyl (C=O) groups is 1. The van der Waals surface area contributed by atoms with Crippen molar-refractivity contribution in [1.29, 1.82) is 0 Å². The molecule has 0 amide bonds. The van der Waals surface area contributed by atoms with E-state index in [1.807, 2.05) is 38.1 Å². The van der Waals surface area contributed by atoms with E-state index in [0.29, 0.717) is 11.4 Å². The van der Waals surface area contributed by atoms with Crippen molar-refractivity contribution in [3.63, 3.8) is 0 Å². The van der Waals surface area contributed by atoms with Crippen LogP contribution in [0.25, 0.3) is 11.1 Å². The summed E-state index contributed by atoms with van der Waals surface area (Å²) in [5.74, 6) is 0.255. The van der Waals surface area contributed by atoms with Crippen molar-refractivity contribution < 1.29 is 14.3 Å². The van der Waals surface area contributed by atoms with E-state index in [0.717, 1.165) is 22.3 Å². The van der Waals surface area contributed by atoms with Crippen LogP contribution in [0, 0.1) is 13.8 Å². The number of methoxy groups -OCH3 is 2. The van der Waals surface area contributed by atoms with Crippen molar-refractivity contribution in [2.24, 2.45) is 0 Å². The summed E-state index contributed by atoms with van der Waals surface area (Å²) >= 11 is 0. The van der Waals surface area contributed by atoms with Crippen molar-refractivity contribution in [2.45, 2.75) is 13.8 Å². The molecule has 0 spiro atoms. The number of rotatable bonds is 3. The van der Waals surface area contributed by atoms with Crippen molar-refractivity contribution >= 4 is 5.97 Å². The van der Waals surface area contributed by atoms with E-state index < -0.39 is 0 Å². The molecule has 0 unspecified atom stereocenters. The summed E-state index contributed by atoms with van der Waals surface area (Å²) < 4.78 is 9.81. The molecule has 0 atom stereocenters. The third kappa shape index (κ3) is 2.64. The normalized spacial score (nSPS) is 10.2. The van der Waals surface area contributed by atoms with Gasteiger partial charge in [-0.1, -0.05) is 0 Å². The van der Waals surface area contributed by atoms with Gasteiger partial charge in [0.1, 0.15) is 0 Å². The zero-order chi connectivity index (χ0) is 14.7. The van der Waals surface area contributed by atoms with Gasteiger partial charge in [0, 0.05) is 17.8 Å². The molecule has 4 nitrogen and oxygen atoms in total. The summed E-state index contributed by atoms with van der Waals surface area (Å²) in [4.78, 5) is 15.8. The van der Waals surface area contributed by atoms with E-state index >= 15 is 0 Å². The molecule has 0 radical (unpaired) electrons. The molecule has 0 saturated heterocycles. The van der Waals surface area contributed by atoms with Gasteiger partial charge in [0.15, 0.2) is 0 Å². The Morgan fingerprint density at radius 2 is 1.75 bits per heavy atom.